The van der Waals surface area contributed by atoms with Crippen molar-refractivity contribution in [2.45, 2.75) is 45.3 Å². The Labute approximate surface area is 123 Å². The van der Waals surface area contributed by atoms with E-state index in [-0.39, 0.29) is 29.7 Å². The minimum atomic E-state index is -0.794. The maximum Gasteiger partial charge on any atom is 0.306 e. The van der Waals surface area contributed by atoms with Crippen molar-refractivity contribution in [2.75, 3.05) is 0 Å². The fourth-order valence-electron chi connectivity index (χ4n) is 2.44. The first kappa shape index (κ1) is 15.3. The van der Waals surface area contributed by atoms with Gasteiger partial charge in [-0.1, -0.05) is 6.07 Å². The molecule has 2 atom stereocenters. The first-order chi connectivity index (χ1) is 9.95. The molecule has 1 aromatic rings. The number of hydrogen-bond donors (Lipinski definition) is 2. The maximum absolute atomic E-state index is 12.1. The number of aliphatic carboxylic acids is 1. The number of nitrogens with one attached hydrogen (secondary N) is 1. The van der Waals surface area contributed by atoms with Crippen molar-refractivity contribution in [3.8, 4) is 5.88 Å². The average molecular weight is 292 g/mol. The van der Waals surface area contributed by atoms with Crippen LogP contribution in [-0.2, 0) is 4.79 Å². The van der Waals surface area contributed by atoms with Crippen LogP contribution in [-0.4, -0.2) is 34.1 Å². The van der Waals surface area contributed by atoms with E-state index in [1.54, 1.807) is 18.2 Å². The Morgan fingerprint density at radius 1 is 1.38 bits per heavy atom. The maximum atomic E-state index is 12.1. The molecule has 0 aromatic carbocycles. The number of carboxylic acid groups (broad SMARTS) is 1. The fourth-order valence-corrected chi connectivity index (χ4v) is 2.44. The first-order valence-corrected chi connectivity index (χ1v) is 7.13. The number of carbonyl (C=O) groups excluding carboxylic acids is 1. The summed E-state index contributed by atoms with van der Waals surface area (Å²) in [6, 6.07) is 4.93. The predicted octanol–water partition coefficient (Wildman–Crippen LogP) is 1.85. The Morgan fingerprint density at radius 2 is 2.14 bits per heavy atom. The van der Waals surface area contributed by atoms with Gasteiger partial charge in [-0.15, -0.1) is 0 Å². The lowest BCUT2D eigenvalue weighted by Crippen LogP contribution is -2.33. The van der Waals surface area contributed by atoms with E-state index in [0.29, 0.717) is 25.1 Å². The summed E-state index contributed by atoms with van der Waals surface area (Å²) >= 11 is 0. The molecule has 0 radical (unpaired) electrons. The van der Waals surface area contributed by atoms with E-state index < -0.39 is 5.97 Å². The van der Waals surface area contributed by atoms with Gasteiger partial charge in [0, 0.05) is 12.1 Å². The number of carbonyl (C=O) groups is 2. The van der Waals surface area contributed by atoms with Gasteiger partial charge < -0.3 is 15.2 Å². The molecular weight excluding hydrogens is 272 g/mol. The van der Waals surface area contributed by atoms with Crippen LogP contribution in [0.4, 0.5) is 0 Å². The van der Waals surface area contributed by atoms with E-state index in [0.717, 1.165) is 0 Å². The molecule has 2 N–H and O–H groups in total. The van der Waals surface area contributed by atoms with Crippen molar-refractivity contribution >= 4 is 11.9 Å². The van der Waals surface area contributed by atoms with E-state index in [2.05, 4.69) is 10.3 Å². The van der Waals surface area contributed by atoms with Gasteiger partial charge in [0.1, 0.15) is 5.69 Å². The van der Waals surface area contributed by atoms with Crippen molar-refractivity contribution in [1.29, 1.82) is 0 Å². The lowest BCUT2D eigenvalue weighted by Gasteiger charge is -2.13. The predicted molar refractivity (Wildman–Crippen MR) is 76.2 cm³/mol. The Kier molecular flexibility index (Phi) is 4.77. The summed E-state index contributed by atoms with van der Waals surface area (Å²) in [6.07, 6.45) is 1.75. The van der Waals surface area contributed by atoms with Crippen LogP contribution in [0.5, 0.6) is 5.88 Å². The van der Waals surface area contributed by atoms with Crippen molar-refractivity contribution < 1.29 is 19.4 Å². The van der Waals surface area contributed by atoms with Crippen LogP contribution in [0, 0.1) is 5.92 Å². The smallest absolute Gasteiger partial charge is 0.306 e. The minimum Gasteiger partial charge on any atom is -0.481 e. The van der Waals surface area contributed by atoms with E-state index in [9.17, 15) is 9.59 Å². The Morgan fingerprint density at radius 3 is 2.76 bits per heavy atom. The van der Waals surface area contributed by atoms with Crippen LogP contribution in [0.1, 0.15) is 43.6 Å². The summed E-state index contributed by atoms with van der Waals surface area (Å²) < 4.78 is 5.45. The Bertz CT molecular complexity index is 530. The second-order valence-electron chi connectivity index (χ2n) is 5.55. The second kappa shape index (κ2) is 6.56. The molecule has 6 heteroatoms. The highest BCUT2D eigenvalue weighted by Crippen LogP contribution is 2.25. The van der Waals surface area contributed by atoms with Crippen LogP contribution in [0.25, 0.3) is 0 Å². The molecule has 1 saturated carbocycles. The first-order valence-electron chi connectivity index (χ1n) is 7.13. The Hall–Kier alpha value is -2.11. The minimum absolute atomic E-state index is 0.0121. The average Bonchev–Trinajstić information content (AvgIpc) is 2.87. The molecule has 1 aromatic heterocycles. The lowest BCUT2D eigenvalue weighted by atomic mass is 10.1. The highest BCUT2D eigenvalue weighted by atomic mass is 16.5. The zero-order chi connectivity index (χ0) is 15.4. The van der Waals surface area contributed by atoms with Crippen molar-refractivity contribution in [2.24, 2.45) is 5.92 Å². The van der Waals surface area contributed by atoms with Crippen molar-refractivity contribution in [3.63, 3.8) is 0 Å². The largest absolute Gasteiger partial charge is 0.481 e. The van der Waals surface area contributed by atoms with Crippen LogP contribution in [0.3, 0.4) is 0 Å². The Balaban J connectivity index is 1.96. The van der Waals surface area contributed by atoms with Gasteiger partial charge in [-0.05, 0) is 39.2 Å². The van der Waals surface area contributed by atoms with Gasteiger partial charge in [0.15, 0.2) is 0 Å². The molecule has 1 fully saturated rings. The number of ether oxygens (including phenoxy) is 1. The summed E-state index contributed by atoms with van der Waals surface area (Å²) in [6.45, 7) is 3.78. The molecule has 0 spiro atoms. The fraction of sp³-hybridized carbons (Fsp3) is 0.533. The standard InChI is InChI=1S/C15H20N2O4/c1-9(2)21-13-5-3-4-12(17-13)14(18)16-11-7-6-10(8-11)15(19)20/h3-5,9-11H,6-8H2,1-2H3,(H,16,18)(H,19,20)/t10-,11+/m1/s1. The molecule has 1 amide bonds. The van der Waals surface area contributed by atoms with Gasteiger partial charge in [0.2, 0.25) is 5.88 Å². The van der Waals surface area contributed by atoms with E-state index in [4.69, 9.17) is 9.84 Å². The molecule has 0 unspecified atom stereocenters. The summed E-state index contributed by atoms with van der Waals surface area (Å²) in [5, 5.41) is 11.8. The van der Waals surface area contributed by atoms with Gasteiger partial charge in [-0.2, -0.15) is 0 Å². The van der Waals surface area contributed by atoms with Crippen LogP contribution in [0.2, 0.25) is 0 Å². The molecule has 6 nitrogen and oxygen atoms in total. The van der Waals surface area contributed by atoms with Crippen LogP contribution < -0.4 is 10.1 Å². The second-order valence-corrected chi connectivity index (χ2v) is 5.55. The molecular formula is C15H20N2O4. The third kappa shape index (κ3) is 4.18. The van der Waals surface area contributed by atoms with E-state index >= 15 is 0 Å². The normalized spacial score (nSPS) is 21.3. The third-order valence-corrected chi connectivity index (χ3v) is 3.43. The number of hydrogen-bond acceptors (Lipinski definition) is 4. The van der Waals surface area contributed by atoms with E-state index in [1.807, 2.05) is 13.8 Å². The molecule has 114 valence electrons. The molecule has 1 heterocycles. The zero-order valence-electron chi connectivity index (χ0n) is 12.2. The van der Waals surface area contributed by atoms with Crippen molar-refractivity contribution in [1.82, 2.24) is 10.3 Å². The highest BCUT2D eigenvalue weighted by molar-refractivity contribution is 5.92. The van der Waals surface area contributed by atoms with Gasteiger partial charge in [-0.25, -0.2) is 4.98 Å². The molecule has 1 aliphatic carbocycles. The van der Waals surface area contributed by atoms with Gasteiger partial charge in [-0.3, -0.25) is 9.59 Å². The monoisotopic (exact) mass is 292 g/mol. The summed E-state index contributed by atoms with van der Waals surface area (Å²) in [4.78, 5) is 27.2. The van der Waals surface area contributed by atoms with Gasteiger partial charge >= 0.3 is 5.97 Å². The van der Waals surface area contributed by atoms with Gasteiger partial charge in [0.25, 0.3) is 5.91 Å². The molecule has 0 saturated heterocycles. The van der Waals surface area contributed by atoms with Crippen LogP contribution in [0.15, 0.2) is 18.2 Å². The van der Waals surface area contributed by atoms with Crippen molar-refractivity contribution in [3.05, 3.63) is 23.9 Å². The number of aromatic nitrogens is 1. The number of nitrogens with zero attached hydrogens (tertiary/aromatic N) is 1. The number of carboxylic acids is 1. The van der Waals surface area contributed by atoms with Gasteiger partial charge in [0.05, 0.1) is 12.0 Å². The molecule has 2 rings (SSSR count). The SMILES string of the molecule is CC(C)Oc1cccc(C(=O)N[C@H]2CC[C@@H](C(=O)O)C2)n1. The quantitative estimate of drug-likeness (QED) is 0.864. The summed E-state index contributed by atoms with van der Waals surface area (Å²) in [7, 11) is 0. The highest BCUT2D eigenvalue weighted by Gasteiger charge is 2.30. The third-order valence-electron chi connectivity index (χ3n) is 3.43. The number of amides is 1. The molecule has 0 bridgehead atoms. The lowest BCUT2D eigenvalue weighted by molar-refractivity contribution is -0.141. The van der Waals surface area contributed by atoms with E-state index in [1.165, 1.54) is 0 Å². The molecule has 21 heavy (non-hydrogen) atoms. The number of pyridine rings is 1. The molecule has 0 aliphatic heterocycles. The molecule has 1 aliphatic rings. The zero-order valence-corrected chi connectivity index (χ0v) is 12.2. The summed E-state index contributed by atoms with van der Waals surface area (Å²) in [5.74, 6) is -1.04. The number of rotatable bonds is 5. The van der Waals surface area contributed by atoms with Crippen LogP contribution >= 0.6 is 0 Å². The topological polar surface area (TPSA) is 88.5 Å². The summed E-state index contributed by atoms with van der Waals surface area (Å²) in [5.41, 5.74) is 0.284.